The Kier molecular flexibility index (Phi) is 9.59. The van der Waals surface area contributed by atoms with Gasteiger partial charge in [0.15, 0.2) is 6.29 Å². The van der Waals surface area contributed by atoms with Crippen LogP contribution in [0.25, 0.3) is 0 Å². The van der Waals surface area contributed by atoms with E-state index in [4.69, 9.17) is 30.2 Å². The van der Waals surface area contributed by atoms with Gasteiger partial charge in [-0.25, -0.2) is 0 Å². The van der Waals surface area contributed by atoms with Gasteiger partial charge < -0.3 is 40.7 Å². The number of aliphatic carboxylic acids is 1. The zero-order chi connectivity index (χ0) is 15.7. The van der Waals surface area contributed by atoms with Crippen LogP contribution in [0.3, 0.4) is 0 Å². The molecule has 0 unspecified atom stereocenters. The van der Waals surface area contributed by atoms with Gasteiger partial charge in [-0.2, -0.15) is 0 Å². The van der Waals surface area contributed by atoms with Crippen molar-refractivity contribution >= 4 is 5.97 Å². The van der Waals surface area contributed by atoms with Gasteiger partial charge in [0.05, 0.1) is 6.61 Å². The van der Waals surface area contributed by atoms with Gasteiger partial charge in [0, 0.05) is 13.5 Å². The molecule has 9 heteroatoms. The van der Waals surface area contributed by atoms with Crippen LogP contribution in [-0.4, -0.2) is 82.0 Å². The quantitative estimate of drug-likeness (QED) is 0.295. The Hall–Kier alpha value is -0.810. The largest absolute Gasteiger partial charge is 0.481 e. The Labute approximate surface area is 116 Å². The molecule has 0 radical (unpaired) electrons. The molecule has 9 nitrogen and oxygen atoms in total. The van der Waals surface area contributed by atoms with Gasteiger partial charge >= 0.3 is 0 Å². The molecule has 20 heavy (non-hydrogen) atoms. The molecule has 0 aromatic rings. The summed E-state index contributed by atoms with van der Waals surface area (Å²) in [5.74, 6) is -0.833. The molecule has 0 bridgehead atoms. The van der Waals surface area contributed by atoms with Crippen molar-refractivity contribution < 1.29 is 39.8 Å². The van der Waals surface area contributed by atoms with Crippen molar-refractivity contribution in [2.75, 3.05) is 19.8 Å². The fourth-order valence-electron chi connectivity index (χ4n) is 1.55. The molecule has 1 aliphatic rings. The highest BCUT2D eigenvalue weighted by molar-refractivity contribution is 5.62. The second kappa shape index (κ2) is 10.00. The lowest BCUT2D eigenvalue weighted by Gasteiger charge is -2.39. The van der Waals surface area contributed by atoms with Crippen molar-refractivity contribution in [3.05, 3.63) is 0 Å². The van der Waals surface area contributed by atoms with Crippen molar-refractivity contribution in [2.45, 2.75) is 44.1 Å². The third-order valence-electron chi connectivity index (χ3n) is 2.50. The maximum atomic E-state index is 9.65. The number of rotatable bonds is 5. The van der Waals surface area contributed by atoms with Gasteiger partial charge in [0.25, 0.3) is 5.97 Å². The third-order valence-corrected chi connectivity index (χ3v) is 2.50. The molecule has 0 aromatic heterocycles. The second-order valence-electron chi connectivity index (χ2n) is 4.23. The van der Waals surface area contributed by atoms with E-state index in [2.05, 4.69) is 0 Å². The van der Waals surface area contributed by atoms with E-state index in [0.29, 0.717) is 13.0 Å². The second-order valence-corrected chi connectivity index (χ2v) is 4.23. The van der Waals surface area contributed by atoms with E-state index in [-0.39, 0.29) is 6.61 Å². The molecule has 1 heterocycles. The van der Waals surface area contributed by atoms with Crippen LogP contribution in [0, 0.1) is 0 Å². The fourth-order valence-corrected chi connectivity index (χ4v) is 1.55. The summed E-state index contributed by atoms with van der Waals surface area (Å²) in [5, 5.41) is 44.9. The molecular formula is C11H23NO8. The number of hydrogen-bond donors (Lipinski definition) is 6. The number of hydrogen-bond acceptors (Lipinski definition) is 8. The molecule has 0 saturated carbocycles. The van der Waals surface area contributed by atoms with E-state index in [1.165, 1.54) is 0 Å². The molecule has 1 aliphatic heterocycles. The molecule has 0 amide bonds. The molecule has 120 valence electrons. The highest BCUT2D eigenvalue weighted by Crippen LogP contribution is 2.22. The number of aliphatic hydroxyl groups excluding tert-OH is 4. The van der Waals surface area contributed by atoms with Gasteiger partial charge in [-0.05, 0) is 13.0 Å². The number of ether oxygens (including phenoxy) is 2. The third kappa shape index (κ3) is 6.57. The summed E-state index contributed by atoms with van der Waals surface area (Å²) in [4.78, 5) is 9.00. The van der Waals surface area contributed by atoms with Crippen molar-refractivity contribution in [2.24, 2.45) is 5.73 Å². The minimum atomic E-state index is -1.37. The predicted octanol–water partition coefficient (Wildman–Crippen LogP) is -2.76. The minimum Gasteiger partial charge on any atom is -0.481 e. The number of carboxylic acids is 1. The highest BCUT2D eigenvalue weighted by Gasteiger charge is 2.44. The first kappa shape index (κ1) is 19.2. The molecule has 0 spiro atoms. The smallest absolute Gasteiger partial charge is 0.300 e. The Balaban J connectivity index is 0.000000796. The zero-order valence-corrected chi connectivity index (χ0v) is 11.3. The lowest BCUT2D eigenvalue weighted by Crippen LogP contribution is -2.59. The van der Waals surface area contributed by atoms with E-state index in [9.17, 15) is 15.3 Å². The fraction of sp³-hybridized carbons (Fsp3) is 0.909. The van der Waals surface area contributed by atoms with Crippen molar-refractivity contribution in [1.82, 2.24) is 0 Å². The average molecular weight is 297 g/mol. The monoisotopic (exact) mass is 297 g/mol. The van der Waals surface area contributed by atoms with Crippen LogP contribution in [0.4, 0.5) is 0 Å². The molecular weight excluding hydrogens is 274 g/mol. The summed E-state index contributed by atoms with van der Waals surface area (Å²) < 4.78 is 10.1. The standard InChI is InChI=1S/C9H19NO6.C2H4O2/c10-2-1-3-15-8-7(13)6(12)5(4-11)16-9(8)14;1-2(3)4/h5-9,11-14H,1-4,10H2;1H3,(H,3,4)/t5-,6+,7+,8-,9-;/m1./s1. The van der Waals surface area contributed by atoms with E-state index in [0.717, 1.165) is 6.92 Å². The highest BCUT2D eigenvalue weighted by atomic mass is 16.7. The van der Waals surface area contributed by atoms with Gasteiger partial charge in [0.1, 0.15) is 24.4 Å². The normalized spacial score (nSPS) is 33.2. The molecule has 7 N–H and O–H groups in total. The number of aliphatic hydroxyl groups is 4. The van der Waals surface area contributed by atoms with Crippen LogP contribution in [0.15, 0.2) is 0 Å². The maximum absolute atomic E-state index is 9.65. The summed E-state index contributed by atoms with van der Waals surface area (Å²) in [6.45, 7) is 1.29. The van der Waals surface area contributed by atoms with Gasteiger partial charge in [-0.1, -0.05) is 0 Å². The lowest BCUT2D eigenvalue weighted by atomic mass is 9.99. The molecule has 1 rings (SSSR count). The minimum absolute atomic E-state index is 0.259. The van der Waals surface area contributed by atoms with Crippen LogP contribution in [0.2, 0.25) is 0 Å². The Bertz CT molecular complexity index is 273. The van der Waals surface area contributed by atoms with E-state index < -0.39 is 43.3 Å². The molecule has 5 atom stereocenters. The van der Waals surface area contributed by atoms with Crippen molar-refractivity contribution in [3.63, 3.8) is 0 Å². The number of carbonyl (C=O) groups is 1. The van der Waals surface area contributed by atoms with Crippen LogP contribution in [-0.2, 0) is 14.3 Å². The van der Waals surface area contributed by atoms with Crippen molar-refractivity contribution in [3.8, 4) is 0 Å². The number of carboxylic acid groups (broad SMARTS) is 1. The molecule has 1 fully saturated rings. The van der Waals surface area contributed by atoms with E-state index in [1.54, 1.807) is 0 Å². The summed E-state index contributed by atoms with van der Waals surface area (Å²) >= 11 is 0. The van der Waals surface area contributed by atoms with E-state index >= 15 is 0 Å². The van der Waals surface area contributed by atoms with Crippen LogP contribution in [0.5, 0.6) is 0 Å². The summed E-state index contributed by atoms with van der Waals surface area (Å²) in [5.41, 5.74) is 5.27. The Morgan fingerprint density at radius 2 is 1.85 bits per heavy atom. The summed E-state index contributed by atoms with van der Waals surface area (Å²) in [6.07, 6.45) is -5.39. The first-order valence-corrected chi connectivity index (χ1v) is 6.16. The van der Waals surface area contributed by atoms with Crippen LogP contribution < -0.4 is 5.73 Å². The van der Waals surface area contributed by atoms with Crippen LogP contribution >= 0.6 is 0 Å². The average Bonchev–Trinajstić information content (AvgIpc) is 2.37. The molecule has 1 saturated heterocycles. The predicted molar refractivity (Wildman–Crippen MR) is 66.7 cm³/mol. The zero-order valence-electron chi connectivity index (χ0n) is 11.3. The Morgan fingerprint density at radius 1 is 1.30 bits per heavy atom. The summed E-state index contributed by atoms with van der Waals surface area (Å²) in [7, 11) is 0. The lowest BCUT2D eigenvalue weighted by molar-refractivity contribution is -0.296. The first-order chi connectivity index (χ1) is 9.34. The maximum Gasteiger partial charge on any atom is 0.300 e. The van der Waals surface area contributed by atoms with Gasteiger partial charge in [0.2, 0.25) is 0 Å². The van der Waals surface area contributed by atoms with Gasteiger partial charge in [-0.3, -0.25) is 4.79 Å². The summed E-state index contributed by atoms with van der Waals surface area (Å²) in [6, 6.07) is 0. The van der Waals surface area contributed by atoms with E-state index in [1.807, 2.05) is 0 Å². The van der Waals surface area contributed by atoms with Crippen molar-refractivity contribution in [1.29, 1.82) is 0 Å². The van der Waals surface area contributed by atoms with Gasteiger partial charge in [-0.15, -0.1) is 0 Å². The molecule has 0 aromatic carbocycles. The SMILES string of the molecule is CC(=O)O.NCCCO[C@@H]1[C@@H](O)[C@@H](O)[C@@H](CO)O[C@H]1O. The first-order valence-electron chi connectivity index (χ1n) is 6.16. The molecule has 0 aliphatic carbocycles. The number of nitrogens with two attached hydrogens (primary N) is 1. The topological polar surface area (TPSA) is 163 Å². The Morgan fingerprint density at radius 3 is 2.30 bits per heavy atom. The van der Waals surface area contributed by atoms with Crippen LogP contribution in [0.1, 0.15) is 13.3 Å².